The van der Waals surface area contributed by atoms with E-state index in [0.29, 0.717) is 27.6 Å². The number of anilines is 1. The molecule has 0 fully saturated rings. The molecule has 4 rings (SSSR count). The normalized spacial score (nSPS) is 15.6. The van der Waals surface area contributed by atoms with Crippen LogP contribution < -0.4 is 5.32 Å². The van der Waals surface area contributed by atoms with Gasteiger partial charge in [-0.15, -0.1) is 32.9 Å². The Morgan fingerprint density at radius 3 is 2.94 bits per heavy atom. The molecule has 3 aromatic heterocycles. The van der Waals surface area contributed by atoms with Crippen LogP contribution in [-0.4, -0.2) is 26.4 Å². The first kappa shape index (κ1) is 23.0. The molecule has 0 aromatic carbocycles. The van der Waals surface area contributed by atoms with Gasteiger partial charge < -0.3 is 9.88 Å². The van der Waals surface area contributed by atoms with E-state index in [0.717, 1.165) is 42.6 Å². The number of aromatic nitrogens is 3. The summed E-state index contributed by atoms with van der Waals surface area (Å²) in [7, 11) is 1.92. The molecular weight excluding hydrogens is 458 g/mol. The van der Waals surface area contributed by atoms with Crippen molar-refractivity contribution in [3.8, 4) is 17.5 Å². The monoisotopic (exact) mass is 485 g/mol. The zero-order chi connectivity index (χ0) is 22.8. The van der Waals surface area contributed by atoms with Crippen LogP contribution in [0.4, 0.5) is 5.00 Å². The number of thioether (sulfide) groups is 1. The van der Waals surface area contributed by atoms with Crippen molar-refractivity contribution in [1.29, 1.82) is 5.26 Å². The van der Waals surface area contributed by atoms with Crippen LogP contribution in [0.1, 0.15) is 60.4 Å². The fourth-order valence-electron chi connectivity index (χ4n) is 3.97. The fraction of sp³-hybridized carbons (Fsp3) is 0.478. The highest BCUT2D eigenvalue weighted by Gasteiger charge is 2.26. The highest BCUT2D eigenvalue weighted by Crippen LogP contribution is 2.40. The Kier molecular flexibility index (Phi) is 7.03. The third kappa shape index (κ3) is 4.63. The fourth-order valence-corrected chi connectivity index (χ4v) is 6.91. The van der Waals surface area contributed by atoms with Crippen LogP contribution in [0.25, 0.3) is 11.4 Å². The summed E-state index contributed by atoms with van der Waals surface area (Å²) in [5.74, 6) is 2.06. The number of hydrogen-bond acceptors (Lipinski definition) is 7. The highest BCUT2D eigenvalue weighted by molar-refractivity contribution is 7.99. The topological polar surface area (TPSA) is 83.6 Å². The van der Waals surface area contributed by atoms with Crippen molar-refractivity contribution in [2.45, 2.75) is 57.5 Å². The molecule has 1 N–H and O–H groups in total. The van der Waals surface area contributed by atoms with E-state index < -0.39 is 0 Å². The van der Waals surface area contributed by atoms with E-state index in [4.69, 9.17) is 0 Å². The molecule has 1 atom stereocenters. The van der Waals surface area contributed by atoms with Crippen molar-refractivity contribution in [3.05, 3.63) is 32.3 Å². The van der Waals surface area contributed by atoms with Crippen molar-refractivity contribution >= 4 is 45.3 Å². The van der Waals surface area contributed by atoms with Gasteiger partial charge in [0.25, 0.3) is 0 Å². The number of hydrogen-bond donors (Lipinski definition) is 1. The SMILES string of the molecule is CCC1CCc2c(sc(NC(=O)CSc3nnc(-c4csc(C(C)C)c4)n3C)c2C#N)C1. The van der Waals surface area contributed by atoms with Gasteiger partial charge in [0.05, 0.1) is 11.3 Å². The molecule has 32 heavy (non-hydrogen) atoms. The molecule has 0 radical (unpaired) electrons. The van der Waals surface area contributed by atoms with Crippen molar-refractivity contribution in [2.24, 2.45) is 13.0 Å². The molecule has 1 unspecified atom stereocenters. The Balaban J connectivity index is 1.41. The number of nitriles is 1. The van der Waals surface area contributed by atoms with Gasteiger partial charge in [0, 0.05) is 27.7 Å². The largest absolute Gasteiger partial charge is 0.316 e. The maximum atomic E-state index is 12.7. The van der Waals surface area contributed by atoms with E-state index >= 15 is 0 Å². The molecule has 9 heteroatoms. The standard InChI is InChI=1S/C23H27N5OS3/c1-5-14-6-7-16-17(10-24)22(32-19(16)8-14)25-20(29)12-31-23-27-26-21(28(23)4)15-9-18(13(2)3)30-11-15/h9,11,13-14H,5-8,12H2,1-4H3,(H,25,29). The van der Waals surface area contributed by atoms with Crippen LogP contribution in [0.3, 0.4) is 0 Å². The lowest BCUT2D eigenvalue weighted by Gasteiger charge is -2.20. The summed E-state index contributed by atoms with van der Waals surface area (Å²) >= 11 is 4.66. The van der Waals surface area contributed by atoms with Gasteiger partial charge >= 0.3 is 0 Å². The van der Waals surface area contributed by atoms with Crippen molar-refractivity contribution in [1.82, 2.24) is 14.8 Å². The number of carbonyl (C=O) groups is 1. The maximum absolute atomic E-state index is 12.7. The Labute approximate surface area is 201 Å². The molecule has 0 aliphatic heterocycles. The molecule has 0 saturated heterocycles. The van der Waals surface area contributed by atoms with Gasteiger partial charge in [0.1, 0.15) is 11.1 Å². The molecule has 1 aliphatic rings. The average Bonchev–Trinajstić information content (AvgIpc) is 3.48. The predicted octanol–water partition coefficient (Wildman–Crippen LogP) is 5.85. The number of nitrogens with one attached hydrogen (secondary N) is 1. The molecule has 3 heterocycles. The van der Waals surface area contributed by atoms with E-state index in [1.165, 1.54) is 21.5 Å². The minimum atomic E-state index is -0.126. The lowest BCUT2D eigenvalue weighted by molar-refractivity contribution is -0.113. The summed E-state index contributed by atoms with van der Waals surface area (Å²) in [6, 6.07) is 4.48. The quantitative estimate of drug-likeness (QED) is 0.425. The molecular formula is C23H27N5OS3. The minimum absolute atomic E-state index is 0.126. The van der Waals surface area contributed by atoms with Gasteiger partial charge in [-0.25, -0.2) is 0 Å². The summed E-state index contributed by atoms with van der Waals surface area (Å²) in [5.41, 5.74) is 2.84. The predicted molar refractivity (Wildman–Crippen MR) is 133 cm³/mol. The van der Waals surface area contributed by atoms with Gasteiger partial charge in [0.2, 0.25) is 5.91 Å². The van der Waals surface area contributed by atoms with Gasteiger partial charge in [-0.2, -0.15) is 5.26 Å². The third-order valence-corrected chi connectivity index (χ3v) is 9.35. The van der Waals surface area contributed by atoms with Gasteiger partial charge in [0.15, 0.2) is 11.0 Å². The summed E-state index contributed by atoms with van der Waals surface area (Å²) in [5, 5.41) is 24.8. The van der Waals surface area contributed by atoms with E-state index in [2.05, 4.69) is 53.8 Å². The van der Waals surface area contributed by atoms with Crippen LogP contribution in [0.5, 0.6) is 0 Å². The molecule has 0 bridgehead atoms. The maximum Gasteiger partial charge on any atom is 0.235 e. The van der Waals surface area contributed by atoms with Crippen LogP contribution in [0, 0.1) is 17.2 Å². The minimum Gasteiger partial charge on any atom is -0.316 e. The summed E-state index contributed by atoms with van der Waals surface area (Å²) in [6.45, 7) is 6.57. The lowest BCUT2D eigenvalue weighted by atomic mass is 9.86. The molecule has 168 valence electrons. The van der Waals surface area contributed by atoms with E-state index in [1.54, 1.807) is 22.7 Å². The number of rotatable bonds is 7. The van der Waals surface area contributed by atoms with Crippen LogP contribution in [-0.2, 0) is 24.7 Å². The molecule has 6 nitrogen and oxygen atoms in total. The lowest BCUT2D eigenvalue weighted by Crippen LogP contribution is -2.14. The Morgan fingerprint density at radius 1 is 1.44 bits per heavy atom. The summed E-state index contributed by atoms with van der Waals surface area (Å²) in [6.07, 6.45) is 4.22. The van der Waals surface area contributed by atoms with E-state index in [9.17, 15) is 10.1 Å². The molecule has 1 amide bonds. The number of thiophene rings is 2. The number of carbonyl (C=O) groups excluding carboxylic acids is 1. The summed E-state index contributed by atoms with van der Waals surface area (Å²) in [4.78, 5) is 15.2. The summed E-state index contributed by atoms with van der Waals surface area (Å²) < 4.78 is 1.93. The van der Waals surface area contributed by atoms with Crippen molar-refractivity contribution in [2.75, 3.05) is 11.1 Å². The van der Waals surface area contributed by atoms with Crippen molar-refractivity contribution in [3.63, 3.8) is 0 Å². The zero-order valence-electron chi connectivity index (χ0n) is 18.8. The van der Waals surface area contributed by atoms with E-state index in [-0.39, 0.29) is 11.7 Å². The van der Waals surface area contributed by atoms with Gasteiger partial charge in [-0.1, -0.05) is 39.0 Å². The molecule has 3 aromatic rings. The first-order valence-corrected chi connectivity index (χ1v) is 13.5. The Bertz CT molecular complexity index is 1170. The molecule has 0 spiro atoms. The zero-order valence-corrected chi connectivity index (χ0v) is 21.2. The first-order chi connectivity index (χ1) is 15.4. The second-order valence-electron chi connectivity index (χ2n) is 8.43. The molecule has 0 saturated carbocycles. The second-order valence-corrected chi connectivity index (χ2v) is 11.4. The van der Waals surface area contributed by atoms with Gasteiger partial charge in [-0.3, -0.25) is 4.79 Å². The average molecular weight is 486 g/mol. The first-order valence-electron chi connectivity index (χ1n) is 10.9. The highest BCUT2D eigenvalue weighted by atomic mass is 32.2. The van der Waals surface area contributed by atoms with E-state index in [1.807, 2.05) is 11.6 Å². The second kappa shape index (κ2) is 9.77. The number of amides is 1. The van der Waals surface area contributed by atoms with Crippen LogP contribution in [0.15, 0.2) is 16.6 Å². The third-order valence-electron chi connectivity index (χ3n) is 5.92. The van der Waals surface area contributed by atoms with Gasteiger partial charge in [-0.05, 0) is 42.7 Å². The Hall–Kier alpha value is -2.15. The molecule has 1 aliphatic carbocycles. The number of nitrogens with zero attached hydrogens (tertiary/aromatic N) is 4. The van der Waals surface area contributed by atoms with Crippen molar-refractivity contribution < 1.29 is 4.79 Å². The van der Waals surface area contributed by atoms with Crippen LogP contribution >= 0.6 is 34.4 Å². The number of fused-ring (bicyclic) bond motifs is 1. The van der Waals surface area contributed by atoms with Crippen LogP contribution in [0.2, 0.25) is 0 Å². The Morgan fingerprint density at radius 2 is 2.25 bits per heavy atom. The smallest absolute Gasteiger partial charge is 0.235 e.